The number of nitrogens with zero attached hydrogens (tertiary/aromatic N) is 1. The number of rotatable bonds is 25. The van der Waals surface area contributed by atoms with Crippen molar-refractivity contribution in [2.45, 2.75) is 172 Å². The van der Waals surface area contributed by atoms with Crippen molar-refractivity contribution in [3.63, 3.8) is 0 Å². The van der Waals surface area contributed by atoms with E-state index in [4.69, 9.17) is 19.9 Å². The second-order valence-corrected chi connectivity index (χ2v) is 23.6. The summed E-state index contributed by atoms with van der Waals surface area (Å²) in [5.41, 5.74) is -0.849. The summed E-state index contributed by atoms with van der Waals surface area (Å²) in [4.78, 5) is 118. The second kappa shape index (κ2) is 24.8. The number of anilines is 1. The number of ketones is 3. The minimum absolute atomic E-state index is 0.0158. The third-order valence-corrected chi connectivity index (χ3v) is 18.2. The summed E-state index contributed by atoms with van der Waals surface area (Å²) in [7, 11) is 0. The van der Waals surface area contributed by atoms with Gasteiger partial charge in [0.05, 0.1) is 23.5 Å². The Hall–Kier alpha value is -5.58. The average molecular weight is 1110 g/mol. The van der Waals surface area contributed by atoms with Crippen LogP contribution in [0.4, 0.5) is 24.1 Å². The lowest BCUT2D eigenvalue weighted by Gasteiger charge is -2.63. The van der Waals surface area contributed by atoms with Gasteiger partial charge >= 0.3 is 12.1 Å². The van der Waals surface area contributed by atoms with E-state index in [1.807, 2.05) is 6.92 Å². The molecule has 0 radical (unpaired) electrons. The molecule has 0 aromatic heterocycles. The zero-order valence-electron chi connectivity index (χ0n) is 45.4. The lowest BCUT2D eigenvalue weighted by Crippen LogP contribution is -2.71. The van der Waals surface area contributed by atoms with Crippen molar-refractivity contribution in [1.82, 2.24) is 20.9 Å². The highest BCUT2D eigenvalue weighted by Gasteiger charge is 2.80. The molecule has 2 unspecified atom stereocenters. The summed E-state index contributed by atoms with van der Waals surface area (Å²) in [6.45, 7) is 8.38. The number of aliphatic hydroxyl groups excluding tert-OH is 1. The highest BCUT2D eigenvalue weighted by molar-refractivity contribution is 8.00. The number of unbranched alkanes of at least 4 members (excludes halogenated alkanes) is 2. The molecule has 6 aliphatic rings. The Labute approximate surface area is 458 Å². The van der Waals surface area contributed by atoms with Crippen molar-refractivity contribution in [3.05, 3.63) is 53.6 Å². The molecule has 0 spiro atoms. The number of benzene rings is 1. The Balaban J connectivity index is 0.923. The number of nitrogens with one attached hydrogen (secondary N) is 4. The molecular formula is C56H76F2N6O13S. The third-order valence-electron chi connectivity index (χ3n) is 17.3. The molecule has 22 heteroatoms. The molecule has 7 amide bonds. The second-order valence-electron chi connectivity index (χ2n) is 22.5. The maximum Gasteiger partial charge on any atom is 0.407 e. The number of Topliss-reactive ketones (excluding diaryl/α,β-unsaturated/α-hetero) is 2. The van der Waals surface area contributed by atoms with E-state index < -0.39 is 107 Å². The molecule has 2 saturated heterocycles. The number of carbonyl (C=O) groups is 9. The molecule has 4 aliphatic carbocycles. The summed E-state index contributed by atoms with van der Waals surface area (Å²) in [5.74, 6) is -5.59. The van der Waals surface area contributed by atoms with Crippen molar-refractivity contribution in [2.75, 3.05) is 31.3 Å². The van der Waals surface area contributed by atoms with Crippen molar-refractivity contribution >= 4 is 70.6 Å². The van der Waals surface area contributed by atoms with Crippen LogP contribution in [0.5, 0.6) is 0 Å². The molecule has 1 aromatic rings. The summed E-state index contributed by atoms with van der Waals surface area (Å²) in [6.07, 6.45) is 2.33. The molecule has 428 valence electrons. The number of alkyl halides is 2. The lowest BCUT2D eigenvalue weighted by atomic mass is 9.44. The highest BCUT2D eigenvalue weighted by Crippen LogP contribution is 2.72. The standard InChI is InChI=1S/C56H76F2N6O13S/c1-7-12-47-76-44-26-36-37-25-39(57)38-24-35(65)19-20-53(38,4)55(37,58)42(67)28-54(36,5)56(44,77-47)43(68)30-75-52(74)61-29-32-15-17-34(18-16-32)62-49(71)33(13-11-21-60-51(59)73)23-40(66)48(31(2)3)63-45(69)14-9-8-10-22-64-46(70)27-41(78-6)50(64)72/h15-20,24,31,33,36-37,39,41-42,44,47-48,67H,7-14,21-23,25-30H2,1-6H3,(H,61,74)(H,62,71)(H,63,69)(H3,59,60,73)/t33-,36+,37+,39+,41?,42+,44-,47?,48+,53+,54+,55+,56-/m1/s1. The number of ether oxygens (including phenoxy) is 3. The number of urea groups is 1. The lowest BCUT2D eigenvalue weighted by molar-refractivity contribution is -0.234. The Morgan fingerprint density at radius 2 is 1.73 bits per heavy atom. The maximum absolute atomic E-state index is 17.9. The predicted octanol–water partition coefficient (Wildman–Crippen LogP) is 5.85. The van der Waals surface area contributed by atoms with Crippen LogP contribution in [0.1, 0.15) is 124 Å². The average Bonchev–Trinajstić information content (AvgIpc) is 3.99. The minimum Gasteiger partial charge on any atom is -0.441 e. The number of likely N-dealkylation sites (tertiary alicyclic amines) is 1. The fourth-order valence-electron chi connectivity index (χ4n) is 13.2. The molecule has 7 N–H and O–H groups in total. The van der Waals surface area contributed by atoms with E-state index in [1.165, 1.54) is 35.7 Å². The largest absolute Gasteiger partial charge is 0.441 e. The van der Waals surface area contributed by atoms with E-state index in [9.17, 15) is 48.3 Å². The number of allylic oxidation sites excluding steroid dienone is 4. The maximum atomic E-state index is 17.9. The van der Waals surface area contributed by atoms with Gasteiger partial charge in [-0.25, -0.2) is 18.4 Å². The van der Waals surface area contributed by atoms with Gasteiger partial charge in [-0.1, -0.05) is 58.7 Å². The number of nitrogens with two attached hydrogens (primary N) is 1. The van der Waals surface area contributed by atoms with Gasteiger partial charge in [0.25, 0.3) is 0 Å². The molecule has 1 aromatic carbocycles. The van der Waals surface area contributed by atoms with Gasteiger partial charge in [0.15, 0.2) is 35.7 Å². The number of aliphatic hydroxyl groups is 1. The first-order chi connectivity index (χ1) is 36.9. The fourth-order valence-corrected chi connectivity index (χ4v) is 13.9. The molecule has 7 rings (SSSR count). The van der Waals surface area contributed by atoms with E-state index in [2.05, 4.69) is 21.3 Å². The summed E-state index contributed by atoms with van der Waals surface area (Å²) >= 11 is 1.35. The first-order valence-electron chi connectivity index (χ1n) is 27.3. The van der Waals surface area contributed by atoms with Gasteiger partial charge in [-0.15, -0.1) is 0 Å². The van der Waals surface area contributed by atoms with Crippen molar-refractivity contribution in [2.24, 2.45) is 40.2 Å². The zero-order chi connectivity index (χ0) is 56.9. The van der Waals surface area contributed by atoms with E-state index in [0.717, 1.165) is 6.08 Å². The van der Waals surface area contributed by atoms with Gasteiger partial charge in [-0.3, -0.25) is 38.5 Å². The number of fused-ring (bicyclic) bond motifs is 7. The molecule has 13 atom stereocenters. The van der Waals surface area contributed by atoms with Crippen LogP contribution in [0.2, 0.25) is 0 Å². The number of thioether (sulfide) groups is 1. The van der Waals surface area contributed by atoms with Crippen LogP contribution in [0.15, 0.2) is 48.1 Å². The van der Waals surface area contributed by atoms with Crippen molar-refractivity contribution in [1.29, 1.82) is 0 Å². The fraction of sp³-hybridized carbons (Fsp3) is 0.661. The predicted molar refractivity (Wildman–Crippen MR) is 283 cm³/mol. The minimum atomic E-state index is -2.38. The van der Waals surface area contributed by atoms with Gasteiger partial charge in [-0.2, -0.15) is 11.8 Å². The van der Waals surface area contributed by atoms with E-state index in [0.29, 0.717) is 56.3 Å². The molecule has 19 nitrogen and oxygen atoms in total. The smallest absolute Gasteiger partial charge is 0.407 e. The van der Waals surface area contributed by atoms with Gasteiger partial charge in [0.1, 0.15) is 6.17 Å². The highest BCUT2D eigenvalue weighted by atomic mass is 32.2. The van der Waals surface area contributed by atoms with Crippen LogP contribution in [0.3, 0.4) is 0 Å². The Bertz CT molecular complexity index is 2550. The normalized spacial score (nSPS) is 31.6. The Kier molecular flexibility index (Phi) is 19.1. The third kappa shape index (κ3) is 12.0. The molecule has 2 heterocycles. The Morgan fingerprint density at radius 1 is 1.00 bits per heavy atom. The topological polar surface area (TPSA) is 279 Å². The first kappa shape index (κ1) is 60.1. The zero-order valence-corrected chi connectivity index (χ0v) is 46.2. The van der Waals surface area contributed by atoms with Gasteiger partial charge in [0.2, 0.25) is 29.4 Å². The molecular weight excluding hydrogens is 1030 g/mol. The number of primary amides is 1. The molecule has 5 fully saturated rings. The number of hydrogen-bond donors (Lipinski definition) is 6. The van der Waals surface area contributed by atoms with Crippen molar-refractivity contribution < 1.29 is 71.2 Å². The first-order valence-corrected chi connectivity index (χ1v) is 28.6. The van der Waals surface area contributed by atoms with E-state index in [-0.39, 0.29) is 98.3 Å². The van der Waals surface area contributed by atoms with Crippen LogP contribution in [-0.2, 0) is 54.3 Å². The molecule has 2 aliphatic heterocycles. The van der Waals surface area contributed by atoms with Crippen LogP contribution in [0, 0.1) is 34.5 Å². The van der Waals surface area contributed by atoms with Gasteiger partial charge < -0.3 is 46.3 Å². The number of alkyl carbamates (subject to hydrolysis) is 1. The summed E-state index contributed by atoms with van der Waals surface area (Å²) in [5, 5.41) is 22.3. The quantitative estimate of drug-likeness (QED) is 0.0496. The monoisotopic (exact) mass is 1110 g/mol. The Morgan fingerprint density at radius 3 is 2.40 bits per heavy atom. The molecule has 78 heavy (non-hydrogen) atoms. The van der Waals surface area contributed by atoms with Crippen LogP contribution in [-0.4, -0.2) is 136 Å². The number of halogens is 2. The van der Waals surface area contributed by atoms with Crippen LogP contribution in [0.25, 0.3) is 0 Å². The van der Waals surface area contributed by atoms with Gasteiger partial charge in [0, 0.05) is 67.2 Å². The SMILES string of the molecule is CCCC1O[C@@H]2C[C@H]3[C@@H]4C[C@H](F)C5=CC(=O)C=C[C@]5(C)[C@@]4(F)[C@@H](O)C[C@]3(C)[C@]2(C(=O)COC(=O)NCc2ccc(NC(=O)[C@H](CCCNC(N)=O)CC(=O)[C@@H](NC(=O)CCCCCN3C(=O)CC(SC)C3=O)C(C)C)cc2)O1. The van der Waals surface area contributed by atoms with E-state index in [1.54, 1.807) is 51.3 Å². The number of amides is 7. The van der Waals surface area contributed by atoms with Crippen LogP contribution >= 0.6 is 11.8 Å². The number of imide groups is 1. The van der Waals surface area contributed by atoms with Gasteiger partial charge in [-0.05, 0) is 112 Å². The molecule has 3 saturated carbocycles. The summed E-state index contributed by atoms with van der Waals surface area (Å²) in [6, 6.07) is 4.85. The molecule has 0 bridgehead atoms. The van der Waals surface area contributed by atoms with Crippen molar-refractivity contribution in [3.8, 4) is 0 Å². The number of hydrogen-bond acceptors (Lipinski definition) is 14. The number of carbonyl (C=O) groups excluding carboxylic acids is 9. The summed E-state index contributed by atoms with van der Waals surface area (Å²) < 4.78 is 52.4. The van der Waals surface area contributed by atoms with Crippen LogP contribution < -0.4 is 27.0 Å². The van der Waals surface area contributed by atoms with E-state index >= 15 is 8.78 Å².